The van der Waals surface area contributed by atoms with Crippen LogP contribution in [0.3, 0.4) is 0 Å². The van der Waals surface area contributed by atoms with Crippen molar-refractivity contribution in [3.63, 3.8) is 0 Å². The summed E-state index contributed by atoms with van der Waals surface area (Å²) >= 11 is 0. The van der Waals surface area contributed by atoms with Gasteiger partial charge >= 0.3 is 12.1 Å². The lowest BCUT2D eigenvalue weighted by Gasteiger charge is -2.24. The van der Waals surface area contributed by atoms with E-state index in [9.17, 15) is 14.7 Å². The van der Waals surface area contributed by atoms with Crippen LogP contribution in [0.4, 0.5) is 10.5 Å². The van der Waals surface area contributed by atoms with Crippen molar-refractivity contribution in [3.8, 4) is 0 Å². The Balaban J connectivity index is 1.61. The highest BCUT2D eigenvalue weighted by molar-refractivity contribution is 5.95. The second-order valence-corrected chi connectivity index (χ2v) is 7.15. The Labute approximate surface area is 152 Å². The van der Waals surface area contributed by atoms with E-state index in [4.69, 9.17) is 4.74 Å². The number of anilines is 1. The van der Waals surface area contributed by atoms with Gasteiger partial charge in [-0.2, -0.15) is 0 Å². The predicted octanol–water partition coefficient (Wildman–Crippen LogP) is 4.35. The summed E-state index contributed by atoms with van der Waals surface area (Å²) in [5, 5.41) is 9.32. The first-order chi connectivity index (χ1) is 12.6. The number of hydrogen-bond donors (Lipinski definition) is 1. The van der Waals surface area contributed by atoms with Crippen molar-refractivity contribution in [1.82, 2.24) is 0 Å². The van der Waals surface area contributed by atoms with Gasteiger partial charge in [-0.25, -0.2) is 9.59 Å². The van der Waals surface area contributed by atoms with Crippen LogP contribution in [-0.4, -0.2) is 23.7 Å². The average Bonchev–Trinajstić information content (AvgIpc) is 3.26. The summed E-state index contributed by atoms with van der Waals surface area (Å²) in [6, 6.07) is 14.7. The molecule has 5 nitrogen and oxygen atoms in total. The maximum absolute atomic E-state index is 12.8. The number of aromatic carboxylic acids is 1. The monoisotopic (exact) mass is 351 g/mol. The Morgan fingerprint density at radius 3 is 2.50 bits per heavy atom. The van der Waals surface area contributed by atoms with Crippen LogP contribution in [0.5, 0.6) is 0 Å². The van der Waals surface area contributed by atoms with E-state index in [0.29, 0.717) is 12.2 Å². The minimum Gasteiger partial charge on any atom is -0.478 e. The number of hydrogen-bond acceptors (Lipinski definition) is 3. The topological polar surface area (TPSA) is 66.8 Å². The van der Waals surface area contributed by atoms with E-state index in [1.54, 1.807) is 17.0 Å². The molecule has 26 heavy (non-hydrogen) atoms. The zero-order chi connectivity index (χ0) is 18.1. The lowest BCUT2D eigenvalue weighted by Crippen LogP contribution is -2.35. The fourth-order valence-corrected chi connectivity index (χ4v) is 4.25. The molecule has 1 aliphatic heterocycles. The minimum absolute atomic E-state index is 0.0574. The number of rotatable bonds is 3. The molecule has 5 heteroatoms. The van der Waals surface area contributed by atoms with Crippen LogP contribution in [0.15, 0.2) is 48.5 Å². The van der Waals surface area contributed by atoms with Crippen LogP contribution in [0.1, 0.15) is 47.2 Å². The third-order valence-corrected chi connectivity index (χ3v) is 5.55. The summed E-state index contributed by atoms with van der Waals surface area (Å²) in [7, 11) is 0. The fourth-order valence-electron chi connectivity index (χ4n) is 4.25. The van der Waals surface area contributed by atoms with Crippen molar-refractivity contribution >= 4 is 17.7 Å². The summed E-state index contributed by atoms with van der Waals surface area (Å²) < 4.78 is 5.51. The highest BCUT2D eigenvalue weighted by atomic mass is 16.6. The third-order valence-electron chi connectivity index (χ3n) is 5.55. The molecule has 1 N–H and O–H groups in total. The molecule has 1 fully saturated rings. The number of ether oxygens (including phenoxy) is 1. The first kappa shape index (κ1) is 16.6. The van der Waals surface area contributed by atoms with Crippen LogP contribution in [0, 0.1) is 0 Å². The van der Waals surface area contributed by atoms with Gasteiger partial charge in [0.05, 0.1) is 11.3 Å². The number of nitrogens with zero attached hydrogens (tertiary/aromatic N) is 1. The van der Waals surface area contributed by atoms with Crippen molar-refractivity contribution in [1.29, 1.82) is 0 Å². The lowest BCUT2D eigenvalue weighted by atomic mass is 9.80. The summed E-state index contributed by atoms with van der Waals surface area (Å²) in [4.78, 5) is 25.7. The van der Waals surface area contributed by atoms with E-state index in [2.05, 4.69) is 0 Å². The smallest absolute Gasteiger partial charge is 0.414 e. The summed E-state index contributed by atoms with van der Waals surface area (Å²) in [6.45, 7) is 0.774. The molecule has 1 aliphatic carbocycles. The summed E-state index contributed by atoms with van der Waals surface area (Å²) in [5.41, 5.74) is 2.83. The maximum atomic E-state index is 12.8. The van der Waals surface area contributed by atoms with Crippen LogP contribution >= 0.6 is 0 Å². The van der Waals surface area contributed by atoms with Gasteiger partial charge in [0.2, 0.25) is 0 Å². The molecular weight excluding hydrogens is 330 g/mol. The molecular formula is C21H21NO4. The van der Waals surface area contributed by atoms with Crippen LogP contribution in [-0.2, 0) is 16.8 Å². The van der Waals surface area contributed by atoms with Crippen LogP contribution in [0.2, 0.25) is 0 Å². The van der Waals surface area contributed by atoms with Gasteiger partial charge in [-0.15, -0.1) is 0 Å². The molecule has 0 radical (unpaired) electrons. The molecule has 0 unspecified atom stereocenters. The van der Waals surface area contributed by atoms with E-state index in [1.165, 1.54) is 0 Å². The number of fused-ring (bicyclic) bond motifs is 2. The second kappa shape index (κ2) is 6.48. The van der Waals surface area contributed by atoms with Crippen molar-refractivity contribution in [2.75, 3.05) is 11.4 Å². The van der Waals surface area contributed by atoms with E-state index in [0.717, 1.165) is 36.8 Å². The zero-order valence-corrected chi connectivity index (χ0v) is 14.5. The molecule has 2 aromatic carbocycles. The minimum atomic E-state index is -0.988. The standard InChI is InChI=1S/C21H21NO4/c23-19(24)16-8-9-17-18(12-16)22(14-21(17)10-4-5-11-21)20(25)26-13-15-6-2-1-3-7-15/h1-3,6-9,12H,4-5,10-11,13-14H2,(H,23,24). The van der Waals surface area contributed by atoms with Gasteiger partial charge in [0.25, 0.3) is 0 Å². The molecule has 2 aliphatic rings. The molecule has 0 saturated heterocycles. The molecule has 2 aromatic rings. The highest BCUT2D eigenvalue weighted by Crippen LogP contribution is 2.50. The van der Waals surface area contributed by atoms with Crippen molar-refractivity contribution in [2.24, 2.45) is 0 Å². The van der Waals surface area contributed by atoms with Crippen LogP contribution < -0.4 is 4.90 Å². The first-order valence-electron chi connectivity index (χ1n) is 8.95. The number of carbonyl (C=O) groups is 2. The molecule has 0 aromatic heterocycles. The quantitative estimate of drug-likeness (QED) is 0.892. The Kier molecular flexibility index (Phi) is 4.15. The van der Waals surface area contributed by atoms with Gasteiger partial charge in [0, 0.05) is 12.0 Å². The Morgan fingerprint density at radius 1 is 1.08 bits per heavy atom. The zero-order valence-electron chi connectivity index (χ0n) is 14.5. The molecule has 0 atom stereocenters. The van der Waals surface area contributed by atoms with Gasteiger partial charge in [0.1, 0.15) is 6.61 Å². The van der Waals surface area contributed by atoms with Crippen molar-refractivity contribution in [3.05, 3.63) is 65.2 Å². The summed E-state index contributed by atoms with van der Waals surface area (Å²) in [6.07, 6.45) is 3.89. The number of carboxylic acid groups (broad SMARTS) is 1. The maximum Gasteiger partial charge on any atom is 0.414 e. The molecule has 4 rings (SSSR count). The van der Waals surface area contributed by atoms with Gasteiger partial charge < -0.3 is 9.84 Å². The Bertz CT molecular complexity index is 840. The van der Waals surface area contributed by atoms with Crippen molar-refractivity contribution in [2.45, 2.75) is 37.7 Å². The van der Waals surface area contributed by atoms with Gasteiger partial charge in [-0.3, -0.25) is 4.90 Å². The number of amides is 1. The van der Waals surface area contributed by atoms with Crippen LogP contribution in [0.25, 0.3) is 0 Å². The number of carboxylic acids is 1. The molecule has 134 valence electrons. The number of benzene rings is 2. The largest absolute Gasteiger partial charge is 0.478 e. The molecule has 1 amide bonds. The third kappa shape index (κ3) is 2.83. The van der Waals surface area contributed by atoms with Crippen molar-refractivity contribution < 1.29 is 19.4 Å². The van der Waals surface area contributed by atoms with E-state index < -0.39 is 12.1 Å². The van der Waals surface area contributed by atoms with Gasteiger partial charge in [-0.05, 0) is 36.1 Å². The predicted molar refractivity (Wildman–Crippen MR) is 97.5 cm³/mol. The number of carbonyl (C=O) groups excluding carboxylic acids is 1. The molecule has 1 heterocycles. The van der Waals surface area contributed by atoms with E-state index in [1.807, 2.05) is 36.4 Å². The van der Waals surface area contributed by atoms with E-state index >= 15 is 0 Å². The normalized spacial score (nSPS) is 17.3. The fraction of sp³-hybridized carbons (Fsp3) is 0.333. The van der Waals surface area contributed by atoms with Gasteiger partial charge in [-0.1, -0.05) is 49.2 Å². The Morgan fingerprint density at radius 2 is 1.81 bits per heavy atom. The molecule has 1 spiro atoms. The van der Waals surface area contributed by atoms with Gasteiger partial charge in [0.15, 0.2) is 0 Å². The van der Waals surface area contributed by atoms with E-state index in [-0.39, 0.29) is 17.6 Å². The average molecular weight is 351 g/mol. The first-order valence-corrected chi connectivity index (χ1v) is 8.95. The Hall–Kier alpha value is -2.82. The SMILES string of the molecule is O=C(O)c1ccc2c(c1)N(C(=O)OCc1ccccc1)CC21CCCC1. The molecule has 1 saturated carbocycles. The lowest BCUT2D eigenvalue weighted by molar-refractivity contribution is 0.0696. The highest BCUT2D eigenvalue weighted by Gasteiger charge is 2.46. The molecule has 0 bridgehead atoms. The summed E-state index contributed by atoms with van der Waals surface area (Å²) in [5.74, 6) is -0.988. The second-order valence-electron chi connectivity index (χ2n) is 7.15.